The highest BCUT2D eigenvalue weighted by Gasteiger charge is 2.30. The molecule has 0 unspecified atom stereocenters. The number of hydrogen-bond donors (Lipinski definition) is 0. The Morgan fingerprint density at radius 3 is 2.47 bits per heavy atom. The van der Waals surface area contributed by atoms with Gasteiger partial charge in [0.1, 0.15) is 11.6 Å². The lowest BCUT2D eigenvalue weighted by molar-refractivity contribution is 0.141. The first-order valence-corrected chi connectivity index (χ1v) is 12.3. The summed E-state index contributed by atoms with van der Waals surface area (Å²) in [4.78, 5) is 9.45. The number of rotatable bonds is 3. The fourth-order valence-corrected chi connectivity index (χ4v) is 6.18. The molecule has 1 aliphatic heterocycles. The van der Waals surface area contributed by atoms with Crippen LogP contribution in [-0.4, -0.2) is 46.7 Å². The Labute approximate surface area is 198 Å². The number of anilines is 1. The summed E-state index contributed by atoms with van der Waals surface area (Å²) in [6.45, 7) is 3.89. The van der Waals surface area contributed by atoms with Gasteiger partial charge in [0.15, 0.2) is 0 Å². The molecule has 2 aromatic carbocycles. The van der Waals surface area contributed by atoms with E-state index in [1.54, 1.807) is 36.5 Å². The Morgan fingerprint density at radius 2 is 1.68 bits per heavy atom. The first kappa shape index (κ1) is 21.5. The Balaban J connectivity index is 1.11. The molecule has 34 heavy (non-hydrogen) atoms. The van der Waals surface area contributed by atoms with Gasteiger partial charge < -0.3 is 9.47 Å². The van der Waals surface area contributed by atoms with Gasteiger partial charge >= 0.3 is 0 Å². The molecule has 4 aromatic rings. The minimum absolute atomic E-state index is 0.157. The van der Waals surface area contributed by atoms with E-state index >= 15 is 0 Å². The molecule has 1 saturated carbocycles. The Hall–Kier alpha value is -2.99. The summed E-state index contributed by atoms with van der Waals surface area (Å²) in [6, 6.07) is 12.8. The van der Waals surface area contributed by atoms with Crippen molar-refractivity contribution >= 4 is 27.5 Å². The van der Waals surface area contributed by atoms with Gasteiger partial charge in [0.05, 0.1) is 11.2 Å². The van der Waals surface area contributed by atoms with Crippen molar-refractivity contribution in [3.8, 4) is 0 Å². The van der Waals surface area contributed by atoms with Crippen LogP contribution in [0.3, 0.4) is 0 Å². The fourth-order valence-electron chi connectivity index (χ4n) is 6.18. The van der Waals surface area contributed by atoms with Gasteiger partial charge in [0.2, 0.25) is 0 Å². The molecule has 1 aliphatic carbocycles. The van der Waals surface area contributed by atoms with Crippen molar-refractivity contribution in [2.75, 3.05) is 31.1 Å². The molecule has 0 spiro atoms. The summed E-state index contributed by atoms with van der Waals surface area (Å²) < 4.78 is 30.3. The summed E-state index contributed by atoms with van der Waals surface area (Å²) in [5, 5.41) is 1.66. The molecular weight excluding hydrogens is 430 g/mol. The summed E-state index contributed by atoms with van der Waals surface area (Å²) in [5.41, 5.74) is 4.19. The smallest absolute Gasteiger partial charge is 0.132 e. The SMILES string of the molecule is Cn1cc(C2CCC(N3CCN(c4ccc(F)c5cccnc45)CC3)CC2)c2cc(F)ccc21. The molecule has 2 fully saturated rings. The van der Waals surface area contributed by atoms with Crippen molar-refractivity contribution in [3.63, 3.8) is 0 Å². The second-order valence-electron chi connectivity index (χ2n) is 9.85. The first-order chi connectivity index (χ1) is 16.6. The van der Waals surface area contributed by atoms with Crippen LogP contribution in [0.25, 0.3) is 21.8 Å². The Kier molecular flexibility index (Phi) is 5.48. The zero-order valence-electron chi connectivity index (χ0n) is 19.6. The van der Waals surface area contributed by atoms with Crippen LogP contribution in [0.2, 0.25) is 0 Å². The molecular formula is C28H30F2N4. The molecule has 6 heteroatoms. The number of piperazine rings is 1. The second-order valence-corrected chi connectivity index (χ2v) is 9.85. The predicted octanol–water partition coefficient (Wildman–Crippen LogP) is 5.85. The van der Waals surface area contributed by atoms with E-state index in [2.05, 4.69) is 32.6 Å². The van der Waals surface area contributed by atoms with Crippen LogP contribution in [0.4, 0.5) is 14.5 Å². The number of aromatic nitrogens is 2. The van der Waals surface area contributed by atoms with Crippen molar-refractivity contribution in [2.45, 2.75) is 37.6 Å². The van der Waals surface area contributed by atoms with E-state index in [-0.39, 0.29) is 11.6 Å². The number of hydrogen-bond acceptors (Lipinski definition) is 3. The number of fused-ring (bicyclic) bond motifs is 2. The van der Waals surface area contributed by atoms with Crippen molar-refractivity contribution in [1.29, 1.82) is 0 Å². The van der Waals surface area contributed by atoms with E-state index in [0.717, 1.165) is 61.1 Å². The van der Waals surface area contributed by atoms with Gasteiger partial charge in [0, 0.05) is 68.0 Å². The molecule has 6 rings (SSSR count). The van der Waals surface area contributed by atoms with Crippen LogP contribution in [0.15, 0.2) is 54.9 Å². The summed E-state index contributed by atoms with van der Waals surface area (Å²) >= 11 is 0. The maximum atomic E-state index is 14.2. The maximum absolute atomic E-state index is 14.2. The number of nitrogens with zero attached hydrogens (tertiary/aromatic N) is 4. The number of halogens is 2. The average Bonchev–Trinajstić information content (AvgIpc) is 3.20. The largest absolute Gasteiger partial charge is 0.367 e. The predicted molar refractivity (Wildman–Crippen MR) is 133 cm³/mol. The third kappa shape index (κ3) is 3.74. The van der Waals surface area contributed by atoms with E-state index in [9.17, 15) is 8.78 Å². The third-order valence-electron chi connectivity index (χ3n) is 7.99. The molecule has 0 atom stereocenters. The minimum Gasteiger partial charge on any atom is -0.367 e. The number of aryl methyl sites for hydroxylation is 1. The first-order valence-electron chi connectivity index (χ1n) is 12.3. The van der Waals surface area contributed by atoms with Crippen LogP contribution in [0, 0.1) is 11.6 Å². The van der Waals surface area contributed by atoms with Crippen molar-refractivity contribution < 1.29 is 8.78 Å². The molecule has 2 aliphatic rings. The van der Waals surface area contributed by atoms with Crippen LogP contribution in [0.1, 0.15) is 37.2 Å². The van der Waals surface area contributed by atoms with Gasteiger partial charge in [-0.2, -0.15) is 0 Å². The van der Waals surface area contributed by atoms with Crippen LogP contribution < -0.4 is 4.90 Å². The normalized spacial score (nSPS) is 22.0. The number of benzene rings is 2. The lowest BCUT2D eigenvalue weighted by atomic mass is 9.81. The van der Waals surface area contributed by atoms with Crippen molar-refractivity contribution in [2.24, 2.45) is 7.05 Å². The highest BCUT2D eigenvalue weighted by Crippen LogP contribution is 2.39. The van der Waals surface area contributed by atoms with Crippen LogP contribution >= 0.6 is 0 Å². The van der Waals surface area contributed by atoms with E-state index in [1.165, 1.54) is 18.4 Å². The maximum Gasteiger partial charge on any atom is 0.132 e. The molecule has 3 heterocycles. The summed E-state index contributed by atoms with van der Waals surface area (Å²) in [7, 11) is 2.05. The molecule has 0 radical (unpaired) electrons. The summed E-state index contributed by atoms with van der Waals surface area (Å²) in [5.74, 6) is 0.131. The topological polar surface area (TPSA) is 24.3 Å². The van der Waals surface area contributed by atoms with E-state index in [4.69, 9.17) is 0 Å². The lowest BCUT2D eigenvalue weighted by Gasteiger charge is -2.42. The second kappa shape index (κ2) is 8.66. The standard InChI is InChI=1S/C28H30F2N4/c1-32-18-24(23-17-20(29)6-10-26(23)32)19-4-7-21(8-5-19)33-13-15-34(16-14-33)27-11-9-25(30)22-3-2-12-31-28(22)27/h2-3,6,9-12,17-19,21H,4-5,7-8,13-16H2,1H3. The van der Waals surface area contributed by atoms with Crippen LogP contribution in [0.5, 0.6) is 0 Å². The highest BCUT2D eigenvalue weighted by atomic mass is 19.1. The van der Waals surface area contributed by atoms with Gasteiger partial charge in [-0.3, -0.25) is 9.88 Å². The van der Waals surface area contributed by atoms with E-state index < -0.39 is 0 Å². The third-order valence-corrected chi connectivity index (χ3v) is 7.99. The Bertz CT molecular complexity index is 1330. The van der Waals surface area contributed by atoms with Crippen molar-refractivity contribution in [1.82, 2.24) is 14.5 Å². The van der Waals surface area contributed by atoms with Gasteiger partial charge in [0.25, 0.3) is 0 Å². The molecule has 4 nitrogen and oxygen atoms in total. The van der Waals surface area contributed by atoms with Gasteiger partial charge in [-0.1, -0.05) is 0 Å². The van der Waals surface area contributed by atoms with Gasteiger partial charge in [-0.25, -0.2) is 8.78 Å². The molecule has 2 aromatic heterocycles. The Morgan fingerprint density at radius 1 is 0.882 bits per heavy atom. The highest BCUT2D eigenvalue weighted by molar-refractivity contribution is 5.91. The van der Waals surface area contributed by atoms with E-state index in [0.29, 0.717) is 17.3 Å². The zero-order chi connectivity index (χ0) is 23.2. The monoisotopic (exact) mass is 460 g/mol. The molecule has 0 bridgehead atoms. The average molecular weight is 461 g/mol. The van der Waals surface area contributed by atoms with Gasteiger partial charge in [-0.15, -0.1) is 0 Å². The molecule has 0 amide bonds. The molecule has 1 saturated heterocycles. The van der Waals surface area contributed by atoms with Crippen molar-refractivity contribution in [3.05, 3.63) is 72.1 Å². The quantitative estimate of drug-likeness (QED) is 0.383. The summed E-state index contributed by atoms with van der Waals surface area (Å²) in [6.07, 6.45) is 8.59. The lowest BCUT2D eigenvalue weighted by Crippen LogP contribution is -2.51. The number of pyridine rings is 1. The van der Waals surface area contributed by atoms with E-state index in [1.807, 2.05) is 12.1 Å². The molecule has 176 valence electrons. The van der Waals surface area contributed by atoms with Gasteiger partial charge in [-0.05, 0) is 79.6 Å². The fraction of sp³-hybridized carbons (Fsp3) is 0.393. The van der Waals surface area contributed by atoms with Crippen LogP contribution in [-0.2, 0) is 7.05 Å². The minimum atomic E-state index is -0.212. The zero-order valence-corrected chi connectivity index (χ0v) is 19.6. The molecule has 0 N–H and O–H groups in total.